The number of nitrogens with zero attached hydrogens (tertiary/aromatic N) is 1. The summed E-state index contributed by atoms with van der Waals surface area (Å²) in [6.45, 7) is 7.82. The van der Waals surface area contributed by atoms with Crippen molar-refractivity contribution in [3.8, 4) is 0 Å². The molecule has 130 valence electrons. The summed E-state index contributed by atoms with van der Waals surface area (Å²) >= 11 is 0. The lowest BCUT2D eigenvalue weighted by Crippen LogP contribution is -2.41. The maximum Gasteiger partial charge on any atom is 0.410 e. The smallest absolute Gasteiger partial charge is 0.410 e. The minimum absolute atomic E-state index is 0.208. The fraction of sp³-hybridized carbons (Fsp3) is 0.526. The highest BCUT2D eigenvalue weighted by Gasteiger charge is 2.34. The molecule has 1 saturated carbocycles. The van der Waals surface area contributed by atoms with Crippen molar-refractivity contribution in [1.29, 1.82) is 0 Å². The molecule has 1 amide bonds. The summed E-state index contributed by atoms with van der Waals surface area (Å²) in [5.74, 6) is 0. The summed E-state index contributed by atoms with van der Waals surface area (Å²) in [5, 5.41) is 4.54. The summed E-state index contributed by atoms with van der Waals surface area (Å²) in [6, 6.07) is 8.36. The third kappa shape index (κ3) is 4.29. The first-order valence-corrected chi connectivity index (χ1v) is 8.59. The molecule has 0 spiro atoms. The lowest BCUT2D eigenvalue weighted by atomic mass is 10.2. The van der Waals surface area contributed by atoms with Crippen LogP contribution in [-0.2, 0) is 11.3 Å². The molecule has 5 heteroatoms. The van der Waals surface area contributed by atoms with Crippen molar-refractivity contribution in [3.63, 3.8) is 0 Å². The van der Waals surface area contributed by atoms with Crippen molar-refractivity contribution >= 4 is 17.1 Å². The highest BCUT2D eigenvalue weighted by Crippen LogP contribution is 2.28. The van der Waals surface area contributed by atoms with Gasteiger partial charge in [0.25, 0.3) is 0 Å². The Labute approximate surface area is 143 Å². The SMILES string of the molecule is CC(C)(C)OC(=O)N(CCNCc1coc2ccccc12)C1CC1. The van der Waals surface area contributed by atoms with Crippen LogP contribution in [-0.4, -0.2) is 35.7 Å². The molecular formula is C19H26N2O3. The highest BCUT2D eigenvalue weighted by molar-refractivity contribution is 5.80. The first kappa shape index (κ1) is 16.8. The maximum atomic E-state index is 12.3. The number of carbonyl (C=O) groups excluding carboxylic acids is 1. The van der Waals surface area contributed by atoms with Gasteiger partial charge in [0, 0.05) is 36.6 Å². The van der Waals surface area contributed by atoms with Crippen LogP contribution in [0, 0.1) is 0 Å². The molecule has 1 aliphatic carbocycles. The number of carbonyl (C=O) groups is 1. The van der Waals surface area contributed by atoms with Gasteiger partial charge in [-0.1, -0.05) is 18.2 Å². The number of benzene rings is 1. The monoisotopic (exact) mass is 330 g/mol. The second-order valence-corrected chi connectivity index (χ2v) is 7.34. The molecule has 0 bridgehead atoms. The zero-order chi connectivity index (χ0) is 17.2. The predicted molar refractivity (Wildman–Crippen MR) is 93.9 cm³/mol. The van der Waals surface area contributed by atoms with E-state index in [0.717, 1.165) is 42.5 Å². The van der Waals surface area contributed by atoms with E-state index in [1.54, 1.807) is 6.26 Å². The maximum absolute atomic E-state index is 12.3. The molecule has 1 aromatic carbocycles. The zero-order valence-corrected chi connectivity index (χ0v) is 14.7. The quantitative estimate of drug-likeness (QED) is 0.816. The fourth-order valence-electron chi connectivity index (χ4n) is 2.72. The Morgan fingerprint density at radius 3 is 2.79 bits per heavy atom. The van der Waals surface area contributed by atoms with E-state index in [1.807, 2.05) is 43.9 Å². The third-order valence-corrected chi connectivity index (χ3v) is 4.02. The standard InChI is InChI=1S/C19H26N2O3/c1-19(2,3)24-18(22)21(15-8-9-15)11-10-20-12-14-13-23-17-7-5-4-6-16(14)17/h4-7,13,15,20H,8-12H2,1-3H3. The van der Waals surface area contributed by atoms with Gasteiger partial charge < -0.3 is 19.4 Å². The molecule has 1 aliphatic rings. The Hall–Kier alpha value is -2.01. The molecule has 24 heavy (non-hydrogen) atoms. The number of nitrogens with one attached hydrogen (secondary N) is 1. The van der Waals surface area contributed by atoms with Crippen molar-refractivity contribution < 1.29 is 13.9 Å². The van der Waals surface area contributed by atoms with Crippen molar-refractivity contribution in [2.75, 3.05) is 13.1 Å². The van der Waals surface area contributed by atoms with Gasteiger partial charge in [0.2, 0.25) is 0 Å². The van der Waals surface area contributed by atoms with E-state index in [2.05, 4.69) is 11.4 Å². The van der Waals surface area contributed by atoms with Crippen molar-refractivity contribution in [1.82, 2.24) is 10.2 Å². The van der Waals surface area contributed by atoms with E-state index in [4.69, 9.17) is 9.15 Å². The molecule has 0 atom stereocenters. The number of ether oxygens (including phenoxy) is 1. The van der Waals surface area contributed by atoms with Crippen LogP contribution >= 0.6 is 0 Å². The van der Waals surface area contributed by atoms with E-state index in [9.17, 15) is 4.79 Å². The normalized spacial score (nSPS) is 14.8. The van der Waals surface area contributed by atoms with Crippen molar-refractivity contribution in [3.05, 3.63) is 36.1 Å². The molecule has 2 aromatic rings. The summed E-state index contributed by atoms with van der Waals surface area (Å²) in [7, 11) is 0. The number of hydrogen-bond donors (Lipinski definition) is 1. The molecule has 1 heterocycles. The second kappa shape index (κ2) is 6.85. The van der Waals surface area contributed by atoms with E-state index in [0.29, 0.717) is 12.6 Å². The predicted octanol–water partition coefficient (Wildman–Crippen LogP) is 3.92. The second-order valence-electron chi connectivity index (χ2n) is 7.34. The van der Waals surface area contributed by atoms with Crippen LogP contribution in [0.15, 0.2) is 34.9 Å². The number of amides is 1. The van der Waals surface area contributed by atoms with Gasteiger partial charge in [0.15, 0.2) is 0 Å². The number of furan rings is 1. The van der Waals surface area contributed by atoms with Crippen molar-refractivity contribution in [2.45, 2.75) is 51.8 Å². The summed E-state index contributed by atoms with van der Waals surface area (Å²) in [4.78, 5) is 14.2. The van der Waals surface area contributed by atoms with Crippen LogP contribution in [0.3, 0.4) is 0 Å². The fourth-order valence-corrected chi connectivity index (χ4v) is 2.72. The van der Waals surface area contributed by atoms with E-state index in [-0.39, 0.29) is 6.09 Å². The largest absolute Gasteiger partial charge is 0.464 e. The van der Waals surface area contributed by atoms with Crippen LogP contribution in [0.1, 0.15) is 39.2 Å². The lowest BCUT2D eigenvalue weighted by Gasteiger charge is -2.27. The number of para-hydroxylation sites is 1. The molecule has 5 nitrogen and oxygen atoms in total. The Balaban J connectivity index is 1.50. The minimum atomic E-state index is -0.451. The number of rotatable bonds is 6. The molecule has 1 N–H and O–H groups in total. The van der Waals surface area contributed by atoms with Crippen molar-refractivity contribution in [2.24, 2.45) is 0 Å². The minimum Gasteiger partial charge on any atom is -0.464 e. The summed E-state index contributed by atoms with van der Waals surface area (Å²) < 4.78 is 11.0. The van der Waals surface area contributed by atoms with Crippen LogP contribution in [0.2, 0.25) is 0 Å². The van der Waals surface area contributed by atoms with Gasteiger partial charge in [-0.3, -0.25) is 0 Å². The highest BCUT2D eigenvalue weighted by atomic mass is 16.6. The Bertz CT molecular complexity index is 698. The summed E-state index contributed by atoms with van der Waals surface area (Å²) in [5.41, 5.74) is 1.59. The Morgan fingerprint density at radius 1 is 1.33 bits per heavy atom. The third-order valence-electron chi connectivity index (χ3n) is 4.02. The van der Waals surface area contributed by atoms with Crippen LogP contribution in [0.5, 0.6) is 0 Å². The van der Waals surface area contributed by atoms with Gasteiger partial charge in [-0.25, -0.2) is 4.79 Å². The Morgan fingerprint density at radius 2 is 2.08 bits per heavy atom. The summed E-state index contributed by atoms with van der Waals surface area (Å²) in [6.07, 6.45) is 3.74. The van der Waals surface area contributed by atoms with E-state index >= 15 is 0 Å². The van der Waals surface area contributed by atoms with E-state index < -0.39 is 5.60 Å². The lowest BCUT2D eigenvalue weighted by molar-refractivity contribution is 0.0236. The number of hydrogen-bond acceptors (Lipinski definition) is 4. The first-order chi connectivity index (χ1) is 11.4. The molecule has 3 rings (SSSR count). The first-order valence-electron chi connectivity index (χ1n) is 8.59. The molecule has 0 aliphatic heterocycles. The van der Waals surface area contributed by atoms with Gasteiger partial charge >= 0.3 is 6.09 Å². The molecule has 1 aromatic heterocycles. The Kier molecular flexibility index (Phi) is 4.81. The van der Waals surface area contributed by atoms with E-state index in [1.165, 1.54) is 0 Å². The molecular weight excluding hydrogens is 304 g/mol. The zero-order valence-electron chi connectivity index (χ0n) is 14.7. The average molecular weight is 330 g/mol. The average Bonchev–Trinajstić information content (AvgIpc) is 3.26. The van der Waals surface area contributed by atoms with Gasteiger partial charge in [-0.05, 0) is 39.7 Å². The van der Waals surface area contributed by atoms with Crippen LogP contribution in [0.4, 0.5) is 4.79 Å². The van der Waals surface area contributed by atoms with Gasteiger partial charge in [-0.2, -0.15) is 0 Å². The molecule has 0 unspecified atom stereocenters. The van der Waals surface area contributed by atoms with Gasteiger partial charge in [0.05, 0.1) is 6.26 Å². The van der Waals surface area contributed by atoms with Crippen LogP contribution < -0.4 is 5.32 Å². The molecule has 0 saturated heterocycles. The van der Waals surface area contributed by atoms with Gasteiger partial charge in [-0.15, -0.1) is 0 Å². The topological polar surface area (TPSA) is 54.7 Å². The number of fused-ring (bicyclic) bond motifs is 1. The molecule has 0 radical (unpaired) electrons. The molecule has 1 fully saturated rings. The van der Waals surface area contributed by atoms with Crippen LogP contribution in [0.25, 0.3) is 11.0 Å². The van der Waals surface area contributed by atoms with Gasteiger partial charge in [0.1, 0.15) is 11.2 Å².